The number of anilines is 1. The van der Waals surface area contributed by atoms with Crippen LogP contribution in [0.15, 0.2) is 69.0 Å². The number of hydrogen-bond acceptors (Lipinski definition) is 6. The molecule has 0 radical (unpaired) electrons. The Morgan fingerprint density at radius 2 is 1.95 bits per heavy atom. The lowest BCUT2D eigenvalue weighted by molar-refractivity contribution is -0.118. The number of carbonyl (C=O) groups is 1. The van der Waals surface area contributed by atoms with Gasteiger partial charge in [0.25, 0.3) is 11.5 Å². The first-order valence-electron chi connectivity index (χ1n) is 13.7. The summed E-state index contributed by atoms with van der Waals surface area (Å²) in [5, 5.41) is 7.83. The third-order valence-electron chi connectivity index (χ3n) is 6.97. The fraction of sp³-hybridized carbons (Fsp3) is 0.290. The molecule has 0 aliphatic heterocycles. The average Bonchev–Trinajstić information content (AvgIpc) is 2.99. The Kier molecular flexibility index (Phi) is 9.54. The molecule has 42 heavy (non-hydrogen) atoms. The van der Waals surface area contributed by atoms with E-state index in [-0.39, 0.29) is 28.9 Å². The van der Waals surface area contributed by atoms with Gasteiger partial charge in [-0.2, -0.15) is 9.78 Å². The van der Waals surface area contributed by atoms with Crippen molar-refractivity contribution in [1.82, 2.24) is 9.66 Å². The van der Waals surface area contributed by atoms with Crippen molar-refractivity contribution in [3.05, 3.63) is 91.7 Å². The van der Waals surface area contributed by atoms with Crippen LogP contribution in [0.3, 0.4) is 0 Å². The Bertz CT molecular complexity index is 1700. The molecule has 0 atom stereocenters. The van der Waals surface area contributed by atoms with Crippen molar-refractivity contribution < 1.29 is 18.7 Å². The van der Waals surface area contributed by atoms with E-state index in [0.717, 1.165) is 25.7 Å². The van der Waals surface area contributed by atoms with Crippen LogP contribution in [0.1, 0.15) is 56.3 Å². The molecule has 1 heterocycles. The highest BCUT2D eigenvalue weighted by Gasteiger charge is 2.23. The van der Waals surface area contributed by atoms with Gasteiger partial charge in [-0.15, -0.1) is 0 Å². The minimum Gasteiger partial charge on any atom is -0.490 e. The van der Waals surface area contributed by atoms with Crippen LogP contribution >= 0.6 is 27.5 Å². The van der Waals surface area contributed by atoms with E-state index in [1.54, 1.807) is 25.1 Å². The number of fused-ring (bicyclic) bond motifs is 1. The van der Waals surface area contributed by atoms with Gasteiger partial charge >= 0.3 is 0 Å². The Hall–Kier alpha value is -3.76. The van der Waals surface area contributed by atoms with E-state index in [9.17, 15) is 14.0 Å². The van der Waals surface area contributed by atoms with E-state index in [1.807, 2.05) is 18.2 Å². The van der Waals surface area contributed by atoms with Crippen LogP contribution in [0.2, 0.25) is 5.02 Å². The Morgan fingerprint density at radius 3 is 2.71 bits per heavy atom. The molecule has 3 aromatic carbocycles. The second kappa shape index (κ2) is 13.5. The van der Waals surface area contributed by atoms with Crippen LogP contribution in [-0.4, -0.2) is 35.0 Å². The molecular weight excluding hydrogens is 627 g/mol. The monoisotopic (exact) mass is 654 g/mol. The summed E-state index contributed by atoms with van der Waals surface area (Å²) in [6.45, 7) is 1.72. The third-order valence-corrected chi connectivity index (χ3v) is 8.42. The van der Waals surface area contributed by atoms with Crippen molar-refractivity contribution in [2.24, 2.45) is 5.10 Å². The first kappa shape index (κ1) is 29.7. The molecule has 1 saturated carbocycles. The molecule has 11 heteroatoms. The summed E-state index contributed by atoms with van der Waals surface area (Å²) in [5.41, 5.74) is 1.25. The molecule has 1 aliphatic rings. The summed E-state index contributed by atoms with van der Waals surface area (Å²) in [7, 11) is 0. The minimum absolute atomic E-state index is 0.133. The molecule has 5 rings (SSSR count). The molecular formula is C31H29BrClFN4O4. The minimum atomic E-state index is -0.501. The van der Waals surface area contributed by atoms with Gasteiger partial charge in [-0.05, 0) is 72.1 Å². The van der Waals surface area contributed by atoms with Gasteiger partial charge in [-0.3, -0.25) is 9.59 Å². The molecule has 0 spiro atoms. The lowest BCUT2D eigenvalue weighted by Gasteiger charge is -2.22. The number of hydrogen-bond donors (Lipinski definition) is 1. The van der Waals surface area contributed by atoms with Gasteiger partial charge in [0.15, 0.2) is 18.1 Å². The number of ether oxygens (including phenoxy) is 2. The molecule has 8 nitrogen and oxygen atoms in total. The van der Waals surface area contributed by atoms with Gasteiger partial charge in [-0.1, -0.05) is 49.1 Å². The highest BCUT2D eigenvalue weighted by molar-refractivity contribution is 9.10. The van der Waals surface area contributed by atoms with Gasteiger partial charge in [0.05, 0.1) is 23.7 Å². The van der Waals surface area contributed by atoms with E-state index >= 15 is 0 Å². The van der Waals surface area contributed by atoms with Gasteiger partial charge in [0.1, 0.15) is 16.7 Å². The Morgan fingerprint density at radius 1 is 1.17 bits per heavy atom. The number of para-hydroxylation sites is 1. The summed E-state index contributed by atoms with van der Waals surface area (Å²) in [6.07, 6.45) is 6.76. The zero-order valence-corrected chi connectivity index (χ0v) is 25.3. The molecule has 1 amide bonds. The standard InChI is InChI=1S/C31H29BrClFN4O4/c1-2-41-25-15-20(27(32)28(33)29(25)42-18-26(39)36-22-12-8-11-21(34)16-22)17-35-38-30(19-9-4-3-5-10-19)37-24-14-7-6-13-23(24)31(38)40/h6-8,11-17,19H,2-5,9-10,18H2,1H3,(H,36,39). The number of aromatic nitrogens is 2. The molecule has 218 valence electrons. The highest BCUT2D eigenvalue weighted by Crippen LogP contribution is 2.42. The van der Waals surface area contributed by atoms with Crippen molar-refractivity contribution in [1.29, 1.82) is 0 Å². The largest absolute Gasteiger partial charge is 0.490 e. The van der Waals surface area contributed by atoms with Crippen molar-refractivity contribution in [3.8, 4) is 11.5 Å². The molecule has 0 bridgehead atoms. The quantitative estimate of drug-likeness (QED) is 0.191. The van der Waals surface area contributed by atoms with Gasteiger partial charge in [0, 0.05) is 21.6 Å². The molecule has 4 aromatic rings. The maximum atomic E-state index is 13.6. The molecule has 0 saturated heterocycles. The summed E-state index contributed by atoms with van der Waals surface area (Å²) in [6, 6.07) is 14.5. The average molecular weight is 656 g/mol. The van der Waals surface area contributed by atoms with Crippen molar-refractivity contribution >= 4 is 56.2 Å². The van der Waals surface area contributed by atoms with Crippen LogP contribution in [0.5, 0.6) is 11.5 Å². The number of rotatable bonds is 9. The predicted molar refractivity (Wildman–Crippen MR) is 166 cm³/mol. The van der Waals surface area contributed by atoms with E-state index < -0.39 is 11.7 Å². The zero-order valence-electron chi connectivity index (χ0n) is 22.9. The number of nitrogens with zero attached hydrogens (tertiary/aromatic N) is 3. The molecule has 0 unspecified atom stereocenters. The lowest BCUT2D eigenvalue weighted by Crippen LogP contribution is -2.25. The third kappa shape index (κ3) is 6.65. The van der Waals surface area contributed by atoms with Gasteiger partial charge in [0.2, 0.25) is 0 Å². The second-order valence-electron chi connectivity index (χ2n) is 9.88. The van der Waals surface area contributed by atoms with Crippen molar-refractivity contribution in [2.45, 2.75) is 44.9 Å². The SMILES string of the molecule is CCOc1cc(C=Nn2c(C3CCCCC3)nc3ccccc3c2=O)c(Br)c(Cl)c1OCC(=O)Nc1cccc(F)c1. The summed E-state index contributed by atoms with van der Waals surface area (Å²) in [4.78, 5) is 30.9. The molecule has 1 fully saturated rings. The first-order chi connectivity index (χ1) is 20.4. The highest BCUT2D eigenvalue weighted by atomic mass is 79.9. The predicted octanol–water partition coefficient (Wildman–Crippen LogP) is 7.30. The van der Waals surface area contributed by atoms with E-state index in [0.29, 0.717) is 44.8 Å². The molecule has 1 aromatic heterocycles. The van der Waals surface area contributed by atoms with Crippen LogP contribution in [0.25, 0.3) is 10.9 Å². The topological polar surface area (TPSA) is 94.8 Å². The number of halogens is 3. The van der Waals surface area contributed by atoms with Crippen molar-refractivity contribution in [3.63, 3.8) is 0 Å². The maximum absolute atomic E-state index is 13.6. The van der Waals surface area contributed by atoms with Crippen LogP contribution in [0.4, 0.5) is 10.1 Å². The smallest absolute Gasteiger partial charge is 0.282 e. The molecule has 1 aliphatic carbocycles. The summed E-state index contributed by atoms with van der Waals surface area (Å²) >= 11 is 10.2. The normalized spacial score (nSPS) is 13.9. The summed E-state index contributed by atoms with van der Waals surface area (Å²) < 4.78 is 26.8. The molecule has 1 N–H and O–H groups in total. The maximum Gasteiger partial charge on any atom is 0.282 e. The van der Waals surface area contributed by atoms with Crippen LogP contribution < -0.4 is 20.3 Å². The van der Waals surface area contributed by atoms with Gasteiger partial charge < -0.3 is 14.8 Å². The number of nitrogens with one attached hydrogen (secondary N) is 1. The fourth-order valence-electron chi connectivity index (χ4n) is 4.99. The number of carbonyl (C=O) groups excluding carboxylic acids is 1. The van der Waals surface area contributed by atoms with E-state index in [4.69, 9.17) is 26.1 Å². The van der Waals surface area contributed by atoms with Crippen LogP contribution in [-0.2, 0) is 4.79 Å². The van der Waals surface area contributed by atoms with Crippen molar-refractivity contribution in [2.75, 3.05) is 18.5 Å². The van der Waals surface area contributed by atoms with E-state index in [1.165, 1.54) is 35.5 Å². The first-order valence-corrected chi connectivity index (χ1v) is 14.9. The Balaban J connectivity index is 1.45. The fourth-order valence-corrected chi connectivity index (χ4v) is 5.65. The van der Waals surface area contributed by atoms with Crippen LogP contribution in [0, 0.1) is 5.82 Å². The summed E-state index contributed by atoms with van der Waals surface area (Å²) in [5.74, 6) is 0.259. The Labute approximate surface area is 255 Å². The van der Waals surface area contributed by atoms with E-state index in [2.05, 4.69) is 26.3 Å². The lowest BCUT2D eigenvalue weighted by atomic mass is 9.88. The zero-order chi connectivity index (χ0) is 29.6. The second-order valence-corrected chi connectivity index (χ2v) is 11.1. The number of amides is 1. The number of benzene rings is 3. The van der Waals surface area contributed by atoms with Gasteiger partial charge in [-0.25, -0.2) is 9.37 Å².